The minimum atomic E-state index is -4.40. The summed E-state index contributed by atoms with van der Waals surface area (Å²) < 4.78 is 40.6. The van der Waals surface area contributed by atoms with Crippen LogP contribution in [0.2, 0.25) is 0 Å². The third-order valence-corrected chi connectivity index (χ3v) is 6.47. The van der Waals surface area contributed by atoms with Crippen molar-refractivity contribution in [3.05, 3.63) is 121 Å². The largest absolute Gasteiger partial charge is 0.416 e. The molecule has 0 bridgehead atoms. The zero-order valence-electron chi connectivity index (χ0n) is 18.1. The molecule has 0 aromatic heterocycles. The Bertz CT molecular complexity index is 1630. The Labute approximate surface area is 194 Å². The molecule has 0 spiro atoms. The minimum Gasteiger partial charge on any atom is -0.166 e. The molecule has 6 aromatic carbocycles. The molecule has 164 valence electrons. The van der Waals surface area contributed by atoms with E-state index in [4.69, 9.17) is 0 Å². The topological polar surface area (TPSA) is 0 Å². The first-order valence-electron chi connectivity index (χ1n) is 11.1. The van der Waals surface area contributed by atoms with Crippen molar-refractivity contribution in [1.29, 1.82) is 0 Å². The molecule has 0 nitrogen and oxygen atoms in total. The monoisotopic (exact) mass is 448 g/mol. The van der Waals surface area contributed by atoms with Crippen LogP contribution in [0.1, 0.15) is 5.56 Å². The van der Waals surface area contributed by atoms with Crippen LogP contribution in [-0.2, 0) is 6.18 Å². The molecule has 6 rings (SSSR count). The van der Waals surface area contributed by atoms with Crippen molar-refractivity contribution in [2.75, 3.05) is 0 Å². The van der Waals surface area contributed by atoms with Crippen molar-refractivity contribution in [3.8, 4) is 22.3 Å². The van der Waals surface area contributed by atoms with Crippen LogP contribution >= 0.6 is 0 Å². The molecule has 0 atom stereocenters. The van der Waals surface area contributed by atoms with Crippen LogP contribution in [0.25, 0.3) is 54.6 Å². The van der Waals surface area contributed by atoms with Gasteiger partial charge in [0.25, 0.3) is 0 Å². The second kappa shape index (κ2) is 7.74. The number of hydrogen-bond donors (Lipinski definition) is 0. The van der Waals surface area contributed by atoms with E-state index < -0.39 is 11.7 Å². The van der Waals surface area contributed by atoms with Gasteiger partial charge in [0.15, 0.2) is 0 Å². The molecule has 0 N–H and O–H groups in total. The highest BCUT2D eigenvalue weighted by Crippen LogP contribution is 2.45. The fraction of sp³-hybridized carbons (Fsp3) is 0.0323. The van der Waals surface area contributed by atoms with Gasteiger partial charge in [-0.2, -0.15) is 13.2 Å². The van der Waals surface area contributed by atoms with Crippen molar-refractivity contribution < 1.29 is 13.2 Å². The Morgan fingerprint density at radius 1 is 0.441 bits per heavy atom. The Hall–Kier alpha value is -4.11. The van der Waals surface area contributed by atoms with Crippen LogP contribution < -0.4 is 0 Å². The molecule has 0 unspecified atom stereocenters. The summed E-state index contributed by atoms with van der Waals surface area (Å²) in [5.74, 6) is 0. The van der Waals surface area contributed by atoms with E-state index in [9.17, 15) is 13.2 Å². The highest BCUT2D eigenvalue weighted by atomic mass is 19.4. The van der Waals surface area contributed by atoms with Gasteiger partial charge in [0.05, 0.1) is 5.56 Å². The molecule has 0 aliphatic rings. The summed E-state index contributed by atoms with van der Waals surface area (Å²) in [6.07, 6.45) is -4.40. The van der Waals surface area contributed by atoms with E-state index in [1.54, 1.807) is 6.07 Å². The van der Waals surface area contributed by atoms with Crippen LogP contribution in [0.5, 0.6) is 0 Å². The maximum Gasteiger partial charge on any atom is 0.416 e. The summed E-state index contributed by atoms with van der Waals surface area (Å²) in [6.45, 7) is 0. The molecule has 3 heteroatoms. The van der Waals surface area contributed by atoms with Crippen LogP contribution in [0.4, 0.5) is 13.2 Å². The van der Waals surface area contributed by atoms with Crippen LogP contribution in [0.3, 0.4) is 0 Å². The summed E-state index contributed by atoms with van der Waals surface area (Å²) in [6, 6.07) is 36.2. The number of benzene rings is 6. The van der Waals surface area contributed by atoms with Gasteiger partial charge in [0, 0.05) is 0 Å². The van der Waals surface area contributed by atoms with Gasteiger partial charge in [-0.3, -0.25) is 0 Å². The molecule has 0 aliphatic heterocycles. The van der Waals surface area contributed by atoms with Gasteiger partial charge in [-0.1, -0.05) is 103 Å². The highest BCUT2D eigenvalue weighted by Gasteiger charge is 2.30. The molecule has 0 radical (unpaired) electrons. The number of rotatable bonds is 2. The van der Waals surface area contributed by atoms with E-state index in [0.717, 1.165) is 55.1 Å². The Morgan fingerprint density at radius 3 is 1.56 bits per heavy atom. The quantitative estimate of drug-likeness (QED) is 0.231. The summed E-state index contributed by atoms with van der Waals surface area (Å²) in [4.78, 5) is 0. The highest BCUT2D eigenvalue weighted by molar-refractivity contribution is 6.23. The molecule has 0 saturated heterocycles. The average Bonchev–Trinajstić information content (AvgIpc) is 2.86. The Morgan fingerprint density at radius 2 is 0.941 bits per heavy atom. The van der Waals surface area contributed by atoms with E-state index >= 15 is 0 Å². The van der Waals surface area contributed by atoms with Gasteiger partial charge in [-0.25, -0.2) is 0 Å². The zero-order valence-corrected chi connectivity index (χ0v) is 18.1. The van der Waals surface area contributed by atoms with E-state index in [2.05, 4.69) is 42.5 Å². The predicted molar refractivity (Wildman–Crippen MR) is 135 cm³/mol. The number of fused-ring (bicyclic) bond motifs is 3. The molecular formula is C31H19F3. The second-order valence-corrected chi connectivity index (χ2v) is 8.45. The SMILES string of the molecule is FC(F)(F)c1cccc(-c2c3ccccc3c(-c3cccc4ccccc34)c3ccccc23)c1. The van der Waals surface area contributed by atoms with Crippen molar-refractivity contribution in [2.24, 2.45) is 0 Å². The van der Waals surface area contributed by atoms with Gasteiger partial charge >= 0.3 is 6.18 Å². The summed E-state index contributed by atoms with van der Waals surface area (Å²) in [5.41, 5.74) is 2.95. The molecule has 6 aromatic rings. The van der Waals surface area contributed by atoms with Crippen molar-refractivity contribution in [2.45, 2.75) is 6.18 Å². The number of hydrogen-bond acceptors (Lipinski definition) is 0. The first kappa shape index (κ1) is 20.5. The third-order valence-electron chi connectivity index (χ3n) is 6.47. The molecule has 0 heterocycles. The maximum atomic E-state index is 13.5. The first-order valence-corrected chi connectivity index (χ1v) is 11.1. The Balaban J connectivity index is 1.78. The van der Waals surface area contributed by atoms with Crippen LogP contribution in [0, 0.1) is 0 Å². The average molecular weight is 448 g/mol. The van der Waals surface area contributed by atoms with E-state index in [0.29, 0.717) is 5.56 Å². The molecule has 0 amide bonds. The number of alkyl halides is 3. The van der Waals surface area contributed by atoms with Crippen molar-refractivity contribution >= 4 is 32.3 Å². The number of halogens is 3. The lowest BCUT2D eigenvalue weighted by Gasteiger charge is -2.19. The molecule has 0 fully saturated rings. The second-order valence-electron chi connectivity index (χ2n) is 8.45. The zero-order chi connectivity index (χ0) is 23.3. The standard InChI is InChI=1S/C31H19F3/c32-31(33,34)22-12-7-11-21(19-22)29-25-14-3-5-16-27(25)30(28-17-6-4-15-26(28)29)24-18-8-10-20-9-1-2-13-23(20)24/h1-19H. The normalized spacial score (nSPS) is 12.0. The fourth-order valence-electron chi connectivity index (χ4n) is 5.02. The first-order chi connectivity index (χ1) is 16.5. The van der Waals surface area contributed by atoms with Crippen molar-refractivity contribution in [1.82, 2.24) is 0 Å². The van der Waals surface area contributed by atoms with E-state index in [-0.39, 0.29) is 0 Å². The minimum absolute atomic E-state index is 0.562. The maximum absolute atomic E-state index is 13.5. The molecule has 0 saturated carbocycles. The summed E-state index contributed by atoms with van der Waals surface area (Å²) in [5, 5.41) is 6.20. The van der Waals surface area contributed by atoms with Gasteiger partial charge in [0.2, 0.25) is 0 Å². The van der Waals surface area contributed by atoms with E-state index in [1.807, 2.05) is 48.5 Å². The van der Waals surface area contributed by atoms with Crippen LogP contribution in [-0.4, -0.2) is 0 Å². The lowest BCUT2D eigenvalue weighted by Crippen LogP contribution is -2.04. The third kappa shape index (κ3) is 3.24. The molecule has 0 aliphatic carbocycles. The van der Waals surface area contributed by atoms with Crippen LogP contribution in [0.15, 0.2) is 115 Å². The predicted octanol–water partition coefficient (Wildman–Crippen LogP) is 9.50. The van der Waals surface area contributed by atoms with Gasteiger partial charge in [0.1, 0.15) is 0 Å². The molecule has 34 heavy (non-hydrogen) atoms. The fourth-order valence-corrected chi connectivity index (χ4v) is 5.02. The molecular weight excluding hydrogens is 429 g/mol. The summed E-state index contributed by atoms with van der Waals surface area (Å²) in [7, 11) is 0. The summed E-state index contributed by atoms with van der Waals surface area (Å²) >= 11 is 0. The smallest absolute Gasteiger partial charge is 0.166 e. The lowest BCUT2D eigenvalue weighted by molar-refractivity contribution is -0.137. The lowest BCUT2D eigenvalue weighted by atomic mass is 9.84. The van der Waals surface area contributed by atoms with Crippen molar-refractivity contribution in [3.63, 3.8) is 0 Å². The Kier molecular flexibility index (Phi) is 4.66. The van der Waals surface area contributed by atoms with E-state index in [1.165, 1.54) is 12.1 Å². The van der Waals surface area contributed by atoms with Gasteiger partial charge < -0.3 is 0 Å². The van der Waals surface area contributed by atoms with Gasteiger partial charge in [-0.05, 0) is 66.7 Å². The van der Waals surface area contributed by atoms with Gasteiger partial charge in [-0.15, -0.1) is 0 Å².